The number of fused-ring (bicyclic) bond motifs is 7. The first-order chi connectivity index (χ1) is 13.1. The van der Waals surface area contributed by atoms with Crippen molar-refractivity contribution in [3.05, 3.63) is 29.3 Å². The molecule has 0 unspecified atom stereocenters. The summed E-state index contributed by atoms with van der Waals surface area (Å²) in [5.41, 5.74) is 3.42. The quantitative estimate of drug-likeness (QED) is 0.708. The Kier molecular flexibility index (Phi) is 3.58. The van der Waals surface area contributed by atoms with Gasteiger partial charge in [0.15, 0.2) is 0 Å². The maximum absolute atomic E-state index is 9.89. The fourth-order valence-corrected chi connectivity index (χ4v) is 8.15. The molecule has 2 aliphatic heterocycles. The summed E-state index contributed by atoms with van der Waals surface area (Å²) in [5, 5.41) is 13.7. The maximum atomic E-state index is 9.89. The lowest BCUT2D eigenvalue weighted by Gasteiger charge is -2.53. The average Bonchev–Trinajstić information content (AvgIpc) is 3.19. The van der Waals surface area contributed by atoms with Crippen LogP contribution in [0, 0.1) is 17.3 Å². The predicted molar refractivity (Wildman–Crippen MR) is 106 cm³/mol. The van der Waals surface area contributed by atoms with Crippen molar-refractivity contribution in [3.63, 3.8) is 0 Å². The van der Waals surface area contributed by atoms with Crippen molar-refractivity contribution < 1.29 is 9.84 Å². The standard InChI is InChI=1S/C24H33NO2/c1-23-10-8-18-17-7-5-16(26)13-15(17)4-6-19(18)20(23)9-11-24(23)14-21-22(27-24)3-2-12-25-21/h5,7,13,18-22,25-26H,2-4,6,8-12,14H2,1H3/t18-,19-,20+,21+,22+,23+,24-/m1/s1. The number of aromatic hydroxyl groups is 1. The van der Waals surface area contributed by atoms with Gasteiger partial charge in [-0.25, -0.2) is 0 Å². The molecule has 0 aromatic heterocycles. The molecule has 0 radical (unpaired) electrons. The van der Waals surface area contributed by atoms with Crippen LogP contribution < -0.4 is 5.32 Å². The molecule has 3 heteroatoms. The number of hydrogen-bond donors (Lipinski definition) is 2. The highest BCUT2D eigenvalue weighted by molar-refractivity contribution is 5.40. The molecular weight excluding hydrogens is 334 g/mol. The molecule has 4 fully saturated rings. The van der Waals surface area contributed by atoms with Crippen LogP contribution in [0.2, 0.25) is 0 Å². The fourth-order valence-electron chi connectivity index (χ4n) is 8.15. The second kappa shape index (κ2) is 5.73. The number of rotatable bonds is 0. The van der Waals surface area contributed by atoms with E-state index in [0.717, 1.165) is 18.3 Å². The molecule has 0 amide bonds. The van der Waals surface area contributed by atoms with Crippen LogP contribution in [0.1, 0.15) is 75.3 Å². The first kappa shape index (κ1) is 16.9. The minimum atomic E-state index is 0.130. The van der Waals surface area contributed by atoms with Crippen LogP contribution >= 0.6 is 0 Å². The van der Waals surface area contributed by atoms with Crippen LogP contribution in [0.15, 0.2) is 18.2 Å². The molecule has 7 atom stereocenters. The third-order valence-corrected chi connectivity index (χ3v) is 9.45. The lowest BCUT2D eigenvalue weighted by molar-refractivity contribution is -0.139. The van der Waals surface area contributed by atoms with Crippen LogP contribution in [0.5, 0.6) is 5.75 Å². The van der Waals surface area contributed by atoms with Gasteiger partial charge in [0.05, 0.1) is 11.7 Å². The van der Waals surface area contributed by atoms with Crippen LogP contribution in [-0.2, 0) is 11.2 Å². The summed E-state index contributed by atoms with van der Waals surface area (Å²) in [6.45, 7) is 3.76. The van der Waals surface area contributed by atoms with Crippen LogP contribution in [0.25, 0.3) is 0 Å². The summed E-state index contributed by atoms with van der Waals surface area (Å²) in [4.78, 5) is 0. The number of aryl methyl sites for hydroxylation is 1. The van der Waals surface area contributed by atoms with Gasteiger partial charge in [0.25, 0.3) is 0 Å². The summed E-state index contributed by atoms with van der Waals surface area (Å²) in [6.07, 6.45) is 11.9. The maximum Gasteiger partial charge on any atom is 0.115 e. The highest BCUT2D eigenvalue weighted by atomic mass is 16.5. The molecule has 27 heavy (non-hydrogen) atoms. The van der Waals surface area contributed by atoms with Gasteiger partial charge in [-0.05, 0) is 111 Å². The van der Waals surface area contributed by atoms with E-state index < -0.39 is 0 Å². The van der Waals surface area contributed by atoms with Crippen molar-refractivity contribution in [2.24, 2.45) is 17.3 Å². The fraction of sp³-hybridized carbons (Fsp3) is 0.750. The first-order valence-corrected chi connectivity index (χ1v) is 11.3. The molecule has 3 nitrogen and oxygen atoms in total. The SMILES string of the molecule is C[C@]12CC[C@@H]3c4ccc(O)cc4CC[C@H]3[C@@H]1CC[C@@]21C[C@@H]2NCCC[C@@H]2O1. The van der Waals surface area contributed by atoms with E-state index in [1.807, 2.05) is 12.1 Å². The van der Waals surface area contributed by atoms with Gasteiger partial charge in [-0.2, -0.15) is 0 Å². The van der Waals surface area contributed by atoms with E-state index in [0.29, 0.717) is 29.2 Å². The minimum Gasteiger partial charge on any atom is -0.508 e. The molecule has 6 rings (SSSR count). The summed E-state index contributed by atoms with van der Waals surface area (Å²) in [7, 11) is 0. The molecule has 146 valence electrons. The molecule has 2 saturated carbocycles. The van der Waals surface area contributed by atoms with E-state index in [1.165, 1.54) is 69.0 Å². The first-order valence-electron chi connectivity index (χ1n) is 11.3. The van der Waals surface area contributed by atoms with Gasteiger partial charge in [0.2, 0.25) is 0 Å². The molecular formula is C24H33NO2. The van der Waals surface area contributed by atoms with Crippen molar-refractivity contribution in [1.29, 1.82) is 0 Å². The van der Waals surface area contributed by atoms with Gasteiger partial charge < -0.3 is 15.2 Å². The highest BCUT2D eigenvalue weighted by Crippen LogP contribution is 2.68. The van der Waals surface area contributed by atoms with Crippen molar-refractivity contribution in [1.82, 2.24) is 5.32 Å². The third-order valence-electron chi connectivity index (χ3n) is 9.45. The molecule has 1 aromatic carbocycles. The molecule has 0 bridgehead atoms. The number of benzene rings is 1. The van der Waals surface area contributed by atoms with E-state index in [2.05, 4.69) is 18.3 Å². The zero-order valence-corrected chi connectivity index (χ0v) is 16.5. The molecule has 5 aliphatic rings. The normalized spacial score (nSPS) is 48.0. The van der Waals surface area contributed by atoms with Gasteiger partial charge in [0, 0.05) is 6.04 Å². The lowest BCUT2D eigenvalue weighted by atomic mass is 9.53. The minimum absolute atomic E-state index is 0.130. The number of phenolic OH excluding ortho intramolecular Hbond substituents is 1. The number of ether oxygens (including phenoxy) is 1. The Balaban J connectivity index is 1.32. The Morgan fingerprint density at radius 1 is 1.15 bits per heavy atom. The van der Waals surface area contributed by atoms with Gasteiger partial charge in [0.1, 0.15) is 5.75 Å². The van der Waals surface area contributed by atoms with Gasteiger partial charge in [-0.3, -0.25) is 0 Å². The topological polar surface area (TPSA) is 41.5 Å². The Hall–Kier alpha value is -1.06. The van der Waals surface area contributed by atoms with E-state index in [1.54, 1.807) is 0 Å². The zero-order valence-electron chi connectivity index (χ0n) is 16.5. The van der Waals surface area contributed by atoms with Crippen molar-refractivity contribution >= 4 is 0 Å². The van der Waals surface area contributed by atoms with Crippen LogP contribution in [-0.4, -0.2) is 29.4 Å². The second-order valence-electron chi connectivity index (χ2n) is 10.4. The molecule has 2 N–H and O–H groups in total. The average molecular weight is 368 g/mol. The summed E-state index contributed by atoms with van der Waals surface area (Å²) in [6, 6.07) is 6.74. The summed E-state index contributed by atoms with van der Waals surface area (Å²) >= 11 is 0. The molecule has 3 aliphatic carbocycles. The number of nitrogens with one attached hydrogen (secondary N) is 1. The largest absolute Gasteiger partial charge is 0.508 e. The van der Waals surface area contributed by atoms with E-state index in [4.69, 9.17) is 4.74 Å². The van der Waals surface area contributed by atoms with Crippen molar-refractivity contribution in [2.45, 2.75) is 88.4 Å². The summed E-state index contributed by atoms with van der Waals surface area (Å²) < 4.78 is 6.96. The number of piperidine rings is 1. The van der Waals surface area contributed by atoms with Gasteiger partial charge in [-0.1, -0.05) is 13.0 Å². The Morgan fingerprint density at radius 3 is 2.96 bits per heavy atom. The third kappa shape index (κ3) is 2.22. The van der Waals surface area contributed by atoms with Gasteiger partial charge >= 0.3 is 0 Å². The van der Waals surface area contributed by atoms with Crippen LogP contribution in [0.4, 0.5) is 0 Å². The monoisotopic (exact) mass is 367 g/mol. The smallest absolute Gasteiger partial charge is 0.115 e. The molecule has 2 heterocycles. The molecule has 1 spiro atoms. The van der Waals surface area contributed by atoms with Crippen LogP contribution in [0.3, 0.4) is 0 Å². The predicted octanol–water partition coefficient (Wildman–Crippen LogP) is 4.53. The lowest BCUT2D eigenvalue weighted by Crippen LogP contribution is -2.51. The molecule has 1 aromatic rings. The van der Waals surface area contributed by atoms with Crippen molar-refractivity contribution in [3.8, 4) is 5.75 Å². The van der Waals surface area contributed by atoms with E-state index in [9.17, 15) is 5.11 Å². The van der Waals surface area contributed by atoms with E-state index in [-0.39, 0.29) is 5.60 Å². The van der Waals surface area contributed by atoms with Gasteiger partial charge in [-0.15, -0.1) is 0 Å². The number of hydrogen-bond acceptors (Lipinski definition) is 3. The zero-order chi connectivity index (χ0) is 18.2. The summed E-state index contributed by atoms with van der Waals surface area (Å²) in [5.74, 6) is 2.74. The Morgan fingerprint density at radius 2 is 2.07 bits per heavy atom. The number of phenols is 1. The van der Waals surface area contributed by atoms with E-state index >= 15 is 0 Å². The highest BCUT2D eigenvalue weighted by Gasteiger charge is 2.66. The Bertz CT molecular complexity index is 747. The molecule has 2 saturated heterocycles. The Labute approximate surface area is 162 Å². The second-order valence-corrected chi connectivity index (χ2v) is 10.4. The van der Waals surface area contributed by atoms with Crippen molar-refractivity contribution in [2.75, 3.05) is 6.54 Å².